The highest BCUT2D eigenvalue weighted by atomic mass is 16.5. The molecule has 2 rings (SSSR count). The fourth-order valence-corrected chi connectivity index (χ4v) is 1.60. The van der Waals surface area contributed by atoms with E-state index in [9.17, 15) is 4.79 Å². The number of carbonyl (C=O) groups excluding carboxylic acids is 1. The van der Waals surface area contributed by atoms with Crippen LogP contribution in [-0.4, -0.2) is 39.9 Å². The van der Waals surface area contributed by atoms with Crippen molar-refractivity contribution in [1.82, 2.24) is 19.7 Å². The van der Waals surface area contributed by atoms with Crippen LogP contribution in [-0.2, 0) is 6.54 Å². The Morgan fingerprint density at radius 1 is 1.33 bits per heavy atom. The Balaban J connectivity index is 2.24. The van der Waals surface area contributed by atoms with Gasteiger partial charge in [-0.15, -0.1) is 0 Å². The molecule has 2 heterocycles. The Morgan fingerprint density at radius 2 is 1.95 bits per heavy atom. The molecule has 0 spiro atoms. The zero-order valence-electron chi connectivity index (χ0n) is 12.0. The van der Waals surface area contributed by atoms with Gasteiger partial charge < -0.3 is 15.2 Å². The lowest BCUT2D eigenvalue weighted by molar-refractivity contribution is 0.102. The monoisotopic (exact) mass is 292 g/mol. The molecule has 0 aromatic carbocycles. The van der Waals surface area contributed by atoms with Crippen molar-refractivity contribution in [3.05, 3.63) is 18.0 Å². The smallest absolute Gasteiger partial charge is 0.280 e. The minimum absolute atomic E-state index is 0.0432. The van der Waals surface area contributed by atoms with Crippen LogP contribution in [0.5, 0.6) is 11.8 Å². The van der Waals surface area contributed by atoms with Crippen molar-refractivity contribution in [3.63, 3.8) is 0 Å². The second-order valence-electron chi connectivity index (χ2n) is 4.02. The molecule has 1 amide bonds. The quantitative estimate of drug-likeness (QED) is 0.826. The first-order chi connectivity index (χ1) is 10.1. The third-order valence-electron chi connectivity index (χ3n) is 2.65. The second kappa shape index (κ2) is 6.07. The maximum atomic E-state index is 12.1. The lowest BCUT2D eigenvalue weighted by Gasteiger charge is -2.06. The molecule has 0 saturated carbocycles. The van der Waals surface area contributed by atoms with Crippen LogP contribution < -0.4 is 20.5 Å². The number of nitrogens with zero attached hydrogens (tertiary/aromatic N) is 4. The van der Waals surface area contributed by atoms with E-state index in [0.717, 1.165) is 0 Å². The largest absolute Gasteiger partial charge is 0.481 e. The Hall–Kier alpha value is -2.84. The van der Waals surface area contributed by atoms with Crippen LogP contribution in [0.4, 0.5) is 11.6 Å². The van der Waals surface area contributed by atoms with Crippen molar-refractivity contribution in [1.29, 1.82) is 0 Å². The van der Waals surface area contributed by atoms with Crippen LogP contribution in [0, 0.1) is 0 Å². The maximum absolute atomic E-state index is 12.1. The molecule has 112 valence electrons. The zero-order valence-corrected chi connectivity index (χ0v) is 12.0. The number of hydrogen-bond donors (Lipinski definition) is 2. The lowest BCUT2D eigenvalue weighted by Crippen LogP contribution is -2.17. The molecule has 0 aliphatic carbocycles. The SMILES string of the molecule is CCn1cc(N)c(C(=O)Nc2nc(OC)cc(OC)n2)n1. The van der Waals surface area contributed by atoms with Crippen LogP contribution in [0.1, 0.15) is 17.4 Å². The number of methoxy groups -OCH3 is 2. The Kier molecular flexibility index (Phi) is 4.21. The van der Waals surface area contributed by atoms with Gasteiger partial charge in [-0.1, -0.05) is 0 Å². The standard InChI is InChI=1S/C12H16N6O3/c1-4-18-6-7(13)10(17-18)11(19)16-12-14-8(20-2)5-9(15-12)21-3/h5-6H,4,13H2,1-3H3,(H,14,15,16,19). The first-order valence-corrected chi connectivity index (χ1v) is 6.18. The van der Waals surface area contributed by atoms with Gasteiger partial charge in [-0.2, -0.15) is 15.1 Å². The molecule has 9 heteroatoms. The minimum atomic E-state index is -0.505. The molecule has 0 saturated heterocycles. The number of carbonyl (C=O) groups is 1. The average molecular weight is 292 g/mol. The summed E-state index contributed by atoms with van der Waals surface area (Å²) < 4.78 is 11.6. The summed E-state index contributed by atoms with van der Waals surface area (Å²) in [5.74, 6) is 0.0741. The number of nitrogen functional groups attached to an aromatic ring is 1. The number of nitrogens with one attached hydrogen (secondary N) is 1. The van der Waals surface area contributed by atoms with Crippen LogP contribution in [0.3, 0.4) is 0 Å². The van der Waals surface area contributed by atoms with Crippen molar-refractivity contribution >= 4 is 17.5 Å². The number of aromatic nitrogens is 4. The topological polar surface area (TPSA) is 117 Å². The molecule has 0 radical (unpaired) electrons. The first kappa shape index (κ1) is 14.6. The van der Waals surface area contributed by atoms with Gasteiger partial charge in [-0.25, -0.2) is 0 Å². The van der Waals surface area contributed by atoms with Gasteiger partial charge in [-0.3, -0.25) is 14.8 Å². The summed E-state index contributed by atoms with van der Waals surface area (Å²) in [6.45, 7) is 2.51. The molecule has 21 heavy (non-hydrogen) atoms. The van der Waals surface area contributed by atoms with Gasteiger partial charge in [-0.05, 0) is 6.92 Å². The normalized spacial score (nSPS) is 10.2. The third-order valence-corrected chi connectivity index (χ3v) is 2.65. The fourth-order valence-electron chi connectivity index (χ4n) is 1.60. The van der Waals surface area contributed by atoms with E-state index < -0.39 is 5.91 Å². The summed E-state index contributed by atoms with van der Waals surface area (Å²) in [5, 5.41) is 6.58. The van der Waals surface area contributed by atoms with Crippen LogP contribution in [0.2, 0.25) is 0 Å². The summed E-state index contributed by atoms with van der Waals surface area (Å²) in [6, 6.07) is 1.50. The summed E-state index contributed by atoms with van der Waals surface area (Å²) in [5.41, 5.74) is 6.14. The first-order valence-electron chi connectivity index (χ1n) is 6.18. The highest BCUT2D eigenvalue weighted by Gasteiger charge is 2.17. The highest BCUT2D eigenvalue weighted by Crippen LogP contribution is 2.18. The summed E-state index contributed by atoms with van der Waals surface area (Å²) in [7, 11) is 2.91. The number of anilines is 2. The van der Waals surface area contributed by atoms with Gasteiger partial charge in [0.25, 0.3) is 5.91 Å². The maximum Gasteiger partial charge on any atom is 0.280 e. The predicted molar refractivity (Wildman–Crippen MR) is 75.4 cm³/mol. The van der Waals surface area contributed by atoms with Gasteiger partial charge in [0.05, 0.1) is 26.0 Å². The molecule has 0 fully saturated rings. The second-order valence-corrected chi connectivity index (χ2v) is 4.02. The van der Waals surface area contributed by atoms with E-state index >= 15 is 0 Å². The van der Waals surface area contributed by atoms with Crippen molar-refractivity contribution < 1.29 is 14.3 Å². The van der Waals surface area contributed by atoms with Gasteiger partial charge in [0.1, 0.15) is 0 Å². The molecular weight excluding hydrogens is 276 g/mol. The number of hydrogen-bond acceptors (Lipinski definition) is 7. The van der Waals surface area contributed by atoms with E-state index in [1.54, 1.807) is 10.9 Å². The number of amides is 1. The van der Waals surface area contributed by atoms with E-state index in [1.165, 1.54) is 20.3 Å². The van der Waals surface area contributed by atoms with E-state index in [-0.39, 0.29) is 29.1 Å². The molecule has 0 aliphatic heterocycles. The summed E-state index contributed by atoms with van der Waals surface area (Å²) >= 11 is 0. The fraction of sp³-hybridized carbons (Fsp3) is 0.333. The minimum Gasteiger partial charge on any atom is -0.481 e. The van der Waals surface area contributed by atoms with Gasteiger partial charge in [0, 0.05) is 12.7 Å². The van der Waals surface area contributed by atoms with Crippen molar-refractivity contribution in [2.24, 2.45) is 0 Å². The molecule has 9 nitrogen and oxygen atoms in total. The van der Waals surface area contributed by atoms with Crippen molar-refractivity contribution in [3.8, 4) is 11.8 Å². The molecule has 2 aromatic rings. The van der Waals surface area contributed by atoms with Crippen LogP contribution in [0.15, 0.2) is 12.3 Å². The Labute approximate surface area is 121 Å². The van der Waals surface area contributed by atoms with E-state index in [0.29, 0.717) is 6.54 Å². The molecule has 2 aromatic heterocycles. The number of aryl methyl sites for hydroxylation is 1. The van der Waals surface area contributed by atoms with E-state index in [1.807, 2.05) is 6.92 Å². The van der Waals surface area contributed by atoms with Crippen LogP contribution >= 0.6 is 0 Å². The van der Waals surface area contributed by atoms with Gasteiger partial charge in [0.15, 0.2) is 5.69 Å². The van der Waals surface area contributed by atoms with E-state index in [4.69, 9.17) is 15.2 Å². The number of ether oxygens (including phenoxy) is 2. The molecule has 0 atom stereocenters. The van der Waals surface area contributed by atoms with Gasteiger partial charge >= 0.3 is 0 Å². The molecule has 3 N–H and O–H groups in total. The van der Waals surface area contributed by atoms with Gasteiger partial charge in [0.2, 0.25) is 17.7 Å². The molecule has 0 unspecified atom stereocenters. The van der Waals surface area contributed by atoms with E-state index in [2.05, 4.69) is 20.4 Å². The zero-order chi connectivity index (χ0) is 15.4. The predicted octanol–water partition coefficient (Wildman–Crippen LogP) is 0.545. The molecular formula is C12H16N6O3. The Morgan fingerprint density at radius 3 is 2.43 bits per heavy atom. The summed E-state index contributed by atoms with van der Waals surface area (Å²) in [6.07, 6.45) is 1.59. The lowest BCUT2D eigenvalue weighted by atomic mass is 10.3. The summed E-state index contributed by atoms with van der Waals surface area (Å²) in [4.78, 5) is 20.1. The average Bonchev–Trinajstić information content (AvgIpc) is 2.88. The van der Waals surface area contributed by atoms with Crippen molar-refractivity contribution in [2.45, 2.75) is 13.5 Å². The number of rotatable bonds is 5. The Bertz CT molecular complexity index is 632. The molecule has 0 bridgehead atoms. The van der Waals surface area contributed by atoms with Crippen LogP contribution in [0.25, 0.3) is 0 Å². The number of nitrogens with two attached hydrogens (primary N) is 1. The third kappa shape index (κ3) is 3.19. The molecule has 0 aliphatic rings. The van der Waals surface area contributed by atoms with Crippen molar-refractivity contribution in [2.75, 3.05) is 25.3 Å². The highest BCUT2D eigenvalue weighted by molar-refractivity contribution is 6.05.